The van der Waals surface area contributed by atoms with Gasteiger partial charge in [0.1, 0.15) is 0 Å². The lowest BCUT2D eigenvalue weighted by Crippen LogP contribution is -2.16. The molecule has 0 amide bonds. The van der Waals surface area contributed by atoms with E-state index in [2.05, 4.69) is 21.2 Å². The lowest BCUT2D eigenvalue weighted by Gasteiger charge is -2.07. The number of hydrogen-bond donors (Lipinski definition) is 1. The molecule has 0 unspecified atom stereocenters. The lowest BCUT2D eigenvalue weighted by molar-refractivity contribution is -0.0327. The SMILES string of the molecule is FC(F)(F)SCCCNCc1ccccc1Br. The maximum Gasteiger partial charge on any atom is 0.441 e. The Balaban J connectivity index is 2.11. The van der Waals surface area contributed by atoms with Crippen molar-refractivity contribution in [2.75, 3.05) is 12.3 Å². The molecule has 1 rings (SSSR count). The summed E-state index contributed by atoms with van der Waals surface area (Å²) in [4.78, 5) is 0. The molecule has 0 heterocycles. The van der Waals surface area contributed by atoms with Crippen molar-refractivity contribution in [3.8, 4) is 0 Å². The molecule has 0 fully saturated rings. The molecule has 17 heavy (non-hydrogen) atoms. The molecule has 0 spiro atoms. The minimum absolute atomic E-state index is 0.0337. The number of nitrogens with one attached hydrogen (secondary N) is 1. The van der Waals surface area contributed by atoms with Crippen LogP contribution in [0.5, 0.6) is 0 Å². The molecule has 0 aliphatic carbocycles. The second kappa shape index (κ2) is 7.28. The summed E-state index contributed by atoms with van der Waals surface area (Å²) in [6.45, 7) is 1.25. The van der Waals surface area contributed by atoms with E-state index in [0.717, 1.165) is 10.0 Å². The molecule has 1 aromatic carbocycles. The van der Waals surface area contributed by atoms with Crippen molar-refractivity contribution in [3.63, 3.8) is 0 Å². The van der Waals surface area contributed by atoms with Crippen LogP contribution in [0.25, 0.3) is 0 Å². The molecule has 0 aliphatic rings. The first-order chi connectivity index (χ1) is 7.99. The van der Waals surface area contributed by atoms with Gasteiger partial charge in [0.25, 0.3) is 0 Å². The normalized spacial score (nSPS) is 11.8. The third kappa shape index (κ3) is 6.95. The molecule has 96 valence electrons. The van der Waals surface area contributed by atoms with Crippen molar-refractivity contribution in [2.45, 2.75) is 18.5 Å². The molecule has 1 nitrogen and oxygen atoms in total. The second-order valence-electron chi connectivity index (χ2n) is 3.42. The van der Waals surface area contributed by atoms with E-state index in [1.54, 1.807) is 0 Å². The van der Waals surface area contributed by atoms with Gasteiger partial charge in [0.2, 0.25) is 0 Å². The predicted molar refractivity (Wildman–Crippen MR) is 69.0 cm³/mol. The Morgan fingerprint density at radius 1 is 1.24 bits per heavy atom. The van der Waals surface area contributed by atoms with Gasteiger partial charge in [0.05, 0.1) is 0 Å². The van der Waals surface area contributed by atoms with E-state index in [1.165, 1.54) is 0 Å². The number of rotatable bonds is 6. The van der Waals surface area contributed by atoms with Gasteiger partial charge in [0, 0.05) is 16.8 Å². The van der Waals surface area contributed by atoms with Crippen LogP contribution in [-0.2, 0) is 6.54 Å². The van der Waals surface area contributed by atoms with E-state index in [1.807, 2.05) is 24.3 Å². The summed E-state index contributed by atoms with van der Waals surface area (Å²) in [7, 11) is 0. The highest BCUT2D eigenvalue weighted by molar-refractivity contribution is 9.10. The summed E-state index contributed by atoms with van der Waals surface area (Å²) in [5.74, 6) is 0.104. The van der Waals surface area contributed by atoms with Crippen LogP contribution >= 0.6 is 27.7 Å². The van der Waals surface area contributed by atoms with Crippen LogP contribution in [0.2, 0.25) is 0 Å². The van der Waals surface area contributed by atoms with Gasteiger partial charge < -0.3 is 5.32 Å². The average molecular weight is 328 g/mol. The maximum absolute atomic E-state index is 11.8. The van der Waals surface area contributed by atoms with Gasteiger partial charge in [-0.05, 0) is 24.6 Å². The fourth-order valence-electron chi connectivity index (χ4n) is 1.25. The van der Waals surface area contributed by atoms with Gasteiger partial charge in [-0.3, -0.25) is 0 Å². The maximum atomic E-state index is 11.8. The summed E-state index contributed by atoms with van der Waals surface area (Å²) >= 11 is 3.45. The van der Waals surface area contributed by atoms with Crippen molar-refractivity contribution in [1.82, 2.24) is 5.32 Å². The second-order valence-corrected chi connectivity index (χ2v) is 5.43. The average Bonchev–Trinajstić information content (AvgIpc) is 2.24. The first-order valence-electron chi connectivity index (χ1n) is 5.14. The van der Waals surface area contributed by atoms with Crippen LogP contribution in [0.15, 0.2) is 28.7 Å². The molecule has 0 bridgehead atoms. The molecule has 0 radical (unpaired) electrons. The highest BCUT2D eigenvalue weighted by atomic mass is 79.9. The van der Waals surface area contributed by atoms with Gasteiger partial charge in [-0.1, -0.05) is 45.9 Å². The van der Waals surface area contributed by atoms with Crippen LogP contribution in [0, 0.1) is 0 Å². The topological polar surface area (TPSA) is 12.0 Å². The van der Waals surface area contributed by atoms with Crippen molar-refractivity contribution in [2.24, 2.45) is 0 Å². The third-order valence-corrected chi connectivity index (χ3v) is 3.63. The molecule has 1 N–H and O–H groups in total. The largest absolute Gasteiger partial charge is 0.441 e. The fourth-order valence-corrected chi connectivity index (χ4v) is 2.19. The van der Waals surface area contributed by atoms with Crippen molar-refractivity contribution >= 4 is 27.7 Å². The van der Waals surface area contributed by atoms with Crippen LogP contribution in [-0.4, -0.2) is 17.8 Å². The van der Waals surface area contributed by atoms with Gasteiger partial charge >= 0.3 is 5.51 Å². The molecule has 0 saturated heterocycles. The molecule has 6 heteroatoms. The molecular formula is C11H13BrF3NS. The third-order valence-electron chi connectivity index (χ3n) is 2.04. The minimum Gasteiger partial charge on any atom is -0.313 e. The van der Waals surface area contributed by atoms with Gasteiger partial charge in [0.15, 0.2) is 0 Å². The number of alkyl halides is 3. The Kier molecular flexibility index (Phi) is 6.37. The molecule has 0 saturated carbocycles. The van der Waals surface area contributed by atoms with Crippen LogP contribution in [0.4, 0.5) is 13.2 Å². The van der Waals surface area contributed by atoms with E-state index in [9.17, 15) is 13.2 Å². The smallest absolute Gasteiger partial charge is 0.313 e. The van der Waals surface area contributed by atoms with E-state index in [-0.39, 0.29) is 17.5 Å². The number of thioether (sulfide) groups is 1. The van der Waals surface area contributed by atoms with Crippen molar-refractivity contribution in [1.29, 1.82) is 0 Å². The van der Waals surface area contributed by atoms with Gasteiger partial charge in [-0.2, -0.15) is 13.2 Å². The van der Waals surface area contributed by atoms with E-state index in [0.29, 0.717) is 19.5 Å². The Bertz CT molecular complexity index is 344. The Labute approximate surface area is 111 Å². The molecule has 0 aromatic heterocycles. The molecule has 0 atom stereocenters. The zero-order valence-corrected chi connectivity index (χ0v) is 11.5. The van der Waals surface area contributed by atoms with Gasteiger partial charge in [-0.25, -0.2) is 0 Å². The van der Waals surface area contributed by atoms with Crippen LogP contribution < -0.4 is 5.32 Å². The first kappa shape index (κ1) is 14.9. The standard InChI is InChI=1S/C11H13BrF3NS/c12-10-5-2-1-4-9(10)8-16-6-3-7-17-11(13,14)15/h1-2,4-5,16H,3,6-8H2. The summed E-state index contributed by atoms with van der Waals surface area (Å²) in [5, 5.41) is 3.12. The van der Waals surface area contributed by atoms with Gasteiger partial charge in [-0.15, -0.1) is 0 Å². The summed E-state index contributed by atoms with van der Waals surface area (Å²) in [6, 6.07) is 7.77. The zero-order chi connectivity index (χ0) is 12.7. The Morgan fingerprint density at radius 2 is 1.94 bits per heavy atom. The Hall–Kier alpha value is -0.200. The monoisotopic (exact) mass is 327 g/mol. The van der Waals surface area contributed by atoms with E-state index < -0.39 is 5.51 Å². The van der Waals surface area contributed by atoms with Crippen LogP contribution in [0.3, 0.4) is 0 Å². The van der Waals surface area contributed by atoms with Crippen molar-refractivity contribution in [3.05, 3.63) is 34.3 Å². The lowest BCUT2D eigenvalue weighted by atomic mass is 10.2. The van der Waals surface area contributed by atoms with Crippen molar-refractivity contribution < 1.29 is 13.2 Å². The summed E-state index contributed by atoms with van der Waals surface area (Å²) in [5.41, 5.74) is -3.00. The molecule has 0 aliphatic heterocycles. The predicted octanol–water partition coefficient (Wildman–Crippen LogP) is 4.18. The quantitative estimate of drug-likeness (QED) is 0.786. The minimum atomic E-state index is -4.11. The number of hydrogen-bond acceptors (Lipinski definition) is 2. The van der Waals surface area contributed by atoms with Crippen LogP contribution in [0.1, 0.15) is 12.0 Å². The number of benzene rings is 1. The van der Waals surface area contributed by atoms with E-state index >= 15 is 0 Å². The molecule has 1 aromatic rings. The zero-order valence-electron chi connectivity index (χ0n) is 9.06. The number of halogens is 4. The summed E-state index contributed by atoms with van der Waals surface area (Å²) < 4.78 is 36.5. The fraction of sp³-hybridized carbons (Fsp3) is 0.455. The summed E-state index contributed by atoms with van der Waals surface area (Å²) in [6.07, 6.45) is 0.509. The first-order valence-corrected chi connectivity index (χ1v) is 6.92. The van der Waals surface area contributed by atoms with E-state index in [4.69, 9.17) is 0 Å². The molecular weight excluding hydrogens is 315 g/mol. The Morgan fingerprint density at radius 3 is 2.59 bits per heavy atom. The highest BCUT2D eigenvalue weighted by Gasteiger charge is 2.27. The highest BCUT2D eigenvalue weighted by Crippen LogP contribution is 2.30.